The van der Waals surface area contributed by atoms with Crippen LogP contribution in [0, 0.1) is 29.2 Å². The van der Waals surface area contributed by atoms with Gasteiger partial charge in [-0.05, 0) is 121 Å². The van der Waals surface area contributed by atoms with Gasteiger partial charge < -0.3 is 4.74 Å². The van der Waals surface area contributed by atoms with E-state index in [1.165, 1.54) is 55.3 Å². The monoisotopic (exact) mass is 664 g/mol. The number of ether oxygens (including phenoxy) is 1. The summed E-state index contributed by atoms with van der Waals surface area (Å²) < 4.78 is 95.1. The number of aryl methyl sites for hydroxylation is 1. The van der Waals surface area contributed by atoms with E-state index in [9.17, 15) is 4.39 Å². The molecule has 1 aliphatic rings. The molecule has 0 heterocycles. The lowest BCUT2D eigenvalue weighted by Gasteiger charge is -2.29. The molecule has 1 nitrogen and oxygen atoms in total. The summed E-state index contributed by atoms with van der Waals surface area (Å²) in [5.41, 5.74) is 1.11. The summed E-state index contributed by atoms with van der Waals surface area (Å²) in [7, 11) is 0. The molecule has 1 aliphatic carbocycles. The van der Waals surface area contributed by atoms with E-state index in [0.29, 0.717) is 46.6 Å². The van der Waals surface area contributed by atoms with Crippen LogP contribution in [0.5, 0.6) is 5.75 Å². The lowest BCUT2D eigenvalue weighted by atomic mass is 9.77. The molecule has 0 aromatic heterocycles. The fourth-order valence-electron chi connectivity index (χ4n) is 6.74. The van der Waals surface area contributed by atoms with Gasteiger partial charge in [0.25, 0.3) is 0 Å². The highest BCUT2D eigenvalue weighted by Crippen LogP contribution is 2.41. The van der Waals surface area contributed by atoms with Gasteiger partial charge in [0.15, 0.2) is 0 Å². The molecule has 1 fully saturated rings. The number of rotatable bonds is 13. The van der Waals surface area contributed by atoms with Crippen molar-refractivity contribution in [2.45, 2.75) is 90.1 Å². The molecular weight excluding hydrogens is 622 g/mol. The Morgan fingerprint density at radius 3 is 2.00 bits per heavy atom. The maximum atomic E-state index is 15.2. The maximum Gasteiger partial charge on any atom is 0.432 e. The first kappa shape index (κ1) is 35.3. The van der Waals surface area contributed by atoms with Crippen molar-refractivity contribution in [3.05, 3.63) is 125 Å². The van der Waals surface area contributed by atoms with Gasteiger partial charge in [0.2, 0.25) is 0 Å². The van der Waals surface area contributed by atoms with Crippen LogP contribution in [0.4, 0.5) is 26.3 Å². The van der Waals surface area contributed by atoms with E-state index in [2.05, 4.69) is 6.92 Å². The molecule has 0 bridgehead atoms. The summed E-state index contributed by atoms with van der Waals surface area (Å²) in [5, 5.41) is 0. The Hall–Kier alpha value is -4.00. The Kier molecular flexibility index (Phi) is 11.7. The molecule has 0 radical (unpaired) electrons. The van der Waals surface area contributed by atoms with E-state index in [1.54, 1.807) is 18.2 Å². The molecular formula is C41H42F6O. The van der Waals surface area contributed by atoms with Crippen molar-refractivity contribution >= 4 is 0 Å². The molecule has 0 aliphatic heterocycles. The highest BCUT2D eigenvalue weighted by atomic mass is 19.3. The van der Waals surface area contributed by atoms with Crippen LogP contribution in [0.2, 0.25) is 0 Å². The molecule has 0 saturated heterocycles. The van der Waals surface area contributed by atoms with Crippen molar-refractivity contribution in [3.8, 4) is 28.0 Å². The number of unbranched alkanes of at least 4 members (excludes halogenated alkanes) is 2. The number of benzene rings is 4. The van der Waals surface area contributed by atoms with Crippen molar-refractivity contribution < 1.29 is 31.1 Å². The standard InChI is InChI=1S/C41H42F6O/c1-3-5-7-9-27-11-13-29(14-12-27)33-25-38(44)40(39(45)26-33)41(46,47)48-34-20-17-28(18-21-34)31-19-22-35(37(43)23-31)32-16-15-30(36(42)24-32)10-8-6-4-2/h4,6,15-27,29H,3,5,7-14H2,1-2H3/b6-4+. The van der Waals surface area contributed by atoms with Crippen LogP contribution in [0.1, 0.15) is 94.2 Å². The number of hydrogen-bond acceptors (Lipinski definition) is 1. The maximum absolute atomic E-state index is 15.2. The molecule has 0 unspecified atom stereocenters. The van der Waals surface area contributed by atoms with Crippen molar-refractivity contribution in [2.24, 2.45) is 5.92 Å². The summed E-state index contributed by atoms with van der Waals surface area (Å²) in [6.07, 6.45) is 9.04. The van der Waals surface area contributed by atoms with Gasteiger partial charge in [-0.3, -0.25) is 0 Å². The number of halogens is 6. The highest BCUT2D eigenvalue weighted by molar-refractivity contribution is 5.71. The molecule has 254 valence electrons. The largest absolute Gasteiger partial charge is 0.432 e. The van der Waals surface area contributed by atoms with Crippen molar-refractivity contribution in [1.29, 1.82) is 0 Å². The normalized spacial score (nSPS) is 16.8. The van der Waals surface area contributed by atoms with Gasteiger partial charge in [-0.15, -0.1) is 0 Å². The molecule has 4 aromatic carbocycles. The van der Waals surface area contributed by atoms with E-state index < -0.39 is 34.9 Å². The van der Waals surface area contributed by atoms with Gasteiger partial charge in [0, 0.05) is 5.56 Å². The van der Waals surface area contributed by atoms with Crippen molar-refractivity contribution in [3.63, 3.8) is 0 Å². The fraction of sp³-hybridized carbons (Fsp3) is 0.366. The van der Waals surface area contributed by atoms with Gasteiger partial charge >= 0.3 is 6.11 Å². The Labute approximate surface area is 279 Å². The zero-order valence-electron chi connectivity index (χ0n) is 27.5. The molecule has 7 heteroatoms. The minimum Gasteiger partial charge on any atom is -0.429 e. The SMILES string of the molecule is C/C=C/CCc1ccc(-c2ccc(-c3ccc(OC(F)(F)c4c(F)cc(C5CCC(CCCCC)CC5)cc4F)cc3)cc2F)cc1F. The first-order valence-electron chi connectivity index (χ1n) is 17.0. The molecule has 0 N–H and O–H groups in total. The summed E-state index contributed by atoms with van der Waals surface area (Å²) in [6, 6.07) is 16.5. The second-order valence-electron chi connectivity index (χ2n) is 12.8. The highest BCUT2D eigenvalue weighted by Gasteiger charge is 2.41. The average molecular weight is 665 g/mol. The minimum atomic E-state index is -4.27. The molecule has 0 spiro atoms. The number of alkyl halides is 2. The molecule has 48 heavy (non-hydrogen) atoms. The third-order valence-corrected chi connectivity index (χ3v) is 9.47. The average Bonchev–Trinajstić information content (AvgIpc) is 3.05. The second-order valence-corrected chi connectivity index (χ2v) is 12.8. The quantitative estimate of drug-likeness (QED) is 0.0785. The summed E-state index contributed by atoms with van der Waals surface area (Å²) in [4.78, 5) is 0. The van der Waals surface area contributed by atoms with Gasteiger partial charge in [-0.1, -0.05) is 81.2 Å². The lowest BCUT2D eigenvalue weighted by molar-refractivity contribution is -0.189. The van der Waals surface area contributed by atoms with Gasteiger partial charge in [-0.25, -0.2) is 17.6 Å². The van der Waals surface area contributed by atoms with Crippen LogP contribution in [-0.2, 0) is 12.5 Å². The molecule has 4 aromatic rings. The molecule has 0 amide bonds. The van der Waals surface area contributed by atoms with Crippen LogP contribution >= 0.6 is 0 Å². The smallest absolute Gasteiger partial charge is 0.429 e. The summed E-state index contributed by atoms with van der Waals surface area (Å²) >= 11 is 0. The third-order valence-electron chi connectivity index (χ3n) is 9.47. The fourth-order valence-corrected chi connectivity index (χ4v) is 6.74. The van der Waals surface area contributed by atoms with Crippen LogP contribution in [0.3, 0.4) is 0 Å². The second kappa shape index (κ2) is 15.9. The van der Waals surface area contributed by atoms with Crippen molar-refractivity contribution in [2.75, 3.05) is 0 Å². The van der Waals surface area contributed by atoms with Crippen LogP contribution in [-0.4, -0.2) is 0 Å². The molecule has 1 saturated carbocycles. The lowest BCUT2D eigenvalue weighted by Crippen LogP contribution is -2.25. The molecule has 5 rings (SSSR count). The van der Waals surface area contributed by atoms with Gasteiger partial charge in [0.1, 0.15) is 34.6 Å². The van der Waals surface area contributed by atoms with Crippen LogP contribution in [0.15, 0.2) is 84.9 Å². The van der Waals surface area contributed by atoms with Crippen LogP contribution in [0.25, 0.3) is 22.3 Å². The number of hydrogen-bond donors (Lipinski definition) is 0. The van der Waals surface area contributed by atoms with Gasteiger partial charge in [0.05, 0.1) is 0 Å². The zero-order chi connectivity index (χ0) is 34.3. The molecule has 0 atom stereocenters. The number of allylic oxidation sites excluding steroid dienone is 2. The Morgan fingerprint density at radius 1 is 0.729 bits per heavy atom. The Morgan fingerprint density at radius 2 is 1.38 bits per heavy atom. The summed E-state index contributed by atoms with van der Waals surface area (Å²) in [6.45, 7) is 4.06. The van der Waals surface area contributed by atoms with Crippen LogP contribution < -0.4 is 4.74 Å². The Bertz CT molecular complexity index is 1680. The van der Waals surface area contributed by atoms with E-state index in [4.69, 9.17) is 4.74 Å². The first-order valence-corrected chi connectivity index (χ1v) is 17.0. The van der Waals surface area contributed by atoms with E-state index in [-0.39, 0.29) is 17.2 Å². The van der Waals surface area contributed by atoms with Crippen molar-refractivity contribution in [1.82, 2.24) is 0 Å². The summed E-state index contributed by atoms with van der Waals surface area (Å²) in [5.74, 6) is -3.42. The van der Waals surface area contributed by atoms with E-state index >= 15 is 22.0 Å². The van der Waals surface area contributed by atoms with E-state index in [0.717, 1.165) is 50.7 Å². The van der Waals surface area contributed by atoms with E-state index in [1.807, 2.05) is 19.1 Å². The van der Waals surface area contributed by atoms with Gasteiger partial charge in [-0.2, -0.15) is 8.78 Å². The first-order chi connectivity index (χ1) is 23.1. The predicted molar refractivity (Wildman–Crippen MR) is 180 cm³/mol. The third kappa shape index (κ3) is 8.53. The zero-order valence-corrected chi connectivity index (χ0v) is 27.5. The Balaban J connectivity index is 1.24. The topological polar surface area (TPSA) is 9.23 Å². The minimum absolute atomic E-state index is 0.0636. The predicted octanol–water partition coefficient (Wildman–Crippen LogP) is 13.1.